The number of thioether (sulfide) groups is 1. The molecule has 196 valence electrons. The van der Waals surface area contributed by atoms with Gasteiger partial charge in [-0.15, -0.1) is 11.8 Å². The van der Waals surface area contributed by atoms with Gasteiger partial charge in [0.05, 0.1) is 5.69 Å². The van der Waals surface area contributed by atoms with Crippen LogP contribution < -0.4 is 10.2 Å². The molecule has 0 bridgehead atoms. The van der Waals surface area contributed by atoms with E-state index in [-0.39, 0.29) is 17.1 Å². The first-order valence-corrected chi connectivity index (χ1v) is 13.9. The Labute approximate surface area is 234 Å². The summed E-state index contributed by atoms with van der Waals surface area (Å²) >= 11 is 1.79. The van der Waals surface area contributed by atoms with Gasteiger partial charge in [0.2, 0.25) is 0 Å². The number of para-hydroxylation sites is 1. The van der Waals surface area contributed by atoms with Crippen LogP contribution in [0.25, 0.3) is 11.1 Å². The second-order valence-electron chi connectivity index (χ2n) is 9.68. The van der Waals surface area contributed by atoms with Crippen molar-refractivity contribution < 1.29 is 9.59 Å². The van der Waals surface area contributed by atoms with E-state index in [0.717, 1.165) is 34.7 Å². The molecule has 1 unspecified atom stereocenters. The van der Waals surface area contributed by atoms with Crippen LogP contribution in [0.15, 0.2) is 120 Å². The van der Waals surface area contributed by atoms with Crippen molar-refractivity contribution in [3.8, 4) is 11.1 Å². The molecule has 39 heavy (non-hydrogen) atoms. The first kappa shape index (κ1) is 26.5. The predicted molar refractivity (Wildman–Crippen MR) is 161 cm³/mol. The second-order valence-corrected chi connectivity index (χ2v) is 11.0. The van der Waals surface area contributed by atoms with Crippen molar-refractivity contribution in [3.05, 3.63) is 127 Å². The van der Waals surface area contributed by atoms with E-state index in [1.807, 2.05) is 79.0 Å². The molecular weight excluding hydrogens is 502 g/mol. The highest BCUT2D eigenvalue weighted by atomic mass is 32.2. The number of rotatable bonds is 7. The molecule has 0 saturated heterocycles. The number of hydrogen-bond acceptors (Lipinski definition) is 4. The summed E-state index contributed by atoms with van der Waals surface area (Å²) in [6.45, 7) is 0.973. The zero-order valence-electron chi connectivity index (χ0n) is 22.1. The molecule has 0 saturated carbocycles. The average molecular weight is 534 g/mol. The largest absolute Gasteiger partial charge is 0.322 e. The standard InChI is InChI=1S/C33H31N3O2S/c1-35(2)22-20-27-21-23-36(30-14-8-9-15-31(30)39-27)33(38)25-16-18-26(19-17-25)34-32(37)29-13-7-6-12-28(29)24-10-4-3-5-11-24/h3-19,21,23,27H,20,22H2,1-2H3,(H,34,37). The molecule has 1 N–H and O–H groups in total. The third-order valence-corrected chi connectivity index (χ3v) is 7.87. The molecule has 0 fully saturated rings. The van der Waals surface area contributed by atoms with Gasteiger partial charge in [-0.05, 0) is 80.7 Å². The zero-order chi connectivity index (χ0) is 27.2. The van der Waals surface area contributed by atoms with E-state index in [0.29, 0.717) is 16.8 Å². The van der Waals surface area contributed by atoms with Gasteiger partial charge >= 0.3 is 0 Å². The van der Waals surface area contributed by atoms with Gasteiger partial charge in [0.15, 0.2) is 0 Å². The molecule has 1 aliphatic rings. The average Bonchev–Trinajstić information content (AvgIpc) is 3.16. The van der Waals surface area contributed by atoms with E-state index in [9.17, 15) is 9.59 Å². The Hall–Kier alpha value is -4.13. The Morgan fingerprint density at radius 3 is 2.31 bits per heavy atom. The Bertz CT molecular complexity index is 1480. The van der Waals surface area contributed by atoms with Gasteiger partial charge in [-0.2, -0.15) is 0 Å². The summed E-state index contributed by atoms with van der Waals surface area (Å²) in [5.41, 5.74) is 4.51. The summed E-state index contributed by atoms with van der Waals surface area (Å²) in [6, 6.07) is 32.5. The van der Waals surface area contributed by atoms with Crippen LogP contribution in [0, 0.1) is 0 Å². The predicted octanol–water partition coefficient (Wildman–Crippen LogP) is 7.19. The van der Waals surface area contributed by atoms with Crippen LogP contribution in [0.4, 0.5) is 11.4 Å². The quantitative estimate of drug-likeness (QED) is 0.273. The van der Waals surface area contributed by atoms with E-state index in [4.69, 9.17) is 0 Å². The molecule has 4 aromatic carbocycles. The van der Waals surface area contributed by atoms with E-state index >= 15 is 0 Å². The first-order valence-electron chi connectivity index (χ1n) is 13.0. The minimum absolute atomic E-state index is 0.111. The third kappa shape index (κ3) is 6.30. The summed E-state index contributed by atoms with van der Waals surface area (Å²) in [4.78, 5) is 31.8. The summed E-state index contributed by atoms with van der Waals surface area (Å²) in [7, 11) is 4.14. The number of fused-ring (bicyclic) bond motifs is 1. The van der Waals surface area contributed by atoms with Crippen LogP contribution >= 0.6 is 11.8 Å². The molecule has 0 aliphatic carbocycles. The number of nitrogens with one attached hydrogen (secondary N) is 1. The van der Waals surface area contributed by atoms with Crippen LogP contribution in [0.3, 0.4) is 0 Å². The van der Waals surface area contributed by atoms with Crippen molar-refractivity contribution >= 4 is 35.0 Å². The highest BCUT2D eigenvalue weighted by Gasteiger charge is 2.23. The zero-order valence-corrected chi connectivity index (χ0v) is 22.9. The monoisotopic (exact) mass is 533 g/mol. The number of amides is 2. The van der Waals surface area contributed by atoms with Crippen LogP contribution in [-0.2, 0) is 0 Å². The van der Waals surface area contributed by atoms with Crippen LogP contribution in [0.1, 0.15) is 27.1 Å². The number of carbonyl (C=O) groups excluding carboxylic acids is 2. The summed E-state index contributed by atoms with van der Waals surface area (Å²) < 4.78 is 0. The number of benzene rings is 4. The normalized spacial score (nSPS) is 14.5. The fraction of sp³-hybridized carbons (Fsp3) is 0.152. The van der Waals surface area contributed by atoms with Gasteiger partial charge in [0.1, 0.15) is 0 Å². The Kier molecular flexibility index (Phi) is 8.25. The lowest BCUT2D eigenvalue weighted by Gasteiger charge is -2.20. The Balaban J connectivity index is 1.33. The lowest BCUT2D eigenvalue weighted by molar-refractivity contribution is 0.0995. The van der Waals surface area contributed by atoms with Crippen molar-refractivity contribution in [2.45, 2.75) is 16.6 Å². The fourth-order valence-electron chi connectivity index (χ4n) is 4.52. The van der Waals surface area contributed by atoms with Crippen LogP contribution in [0.2, 0.25) is 0 Å². The molecule has 6 heteroatoms. The number of carbonyl (C=O) groups is 2. The van der Waals surface area contributed by atoms with E-state index < -0.39 is 0 Å². The molecular formula is C33H31N3O2S. The van der Waals surface area contributed by atoms with Gasteiger partial charge in [0.25, 0.3) is 11.8 Å². The molecule has 0 aromatic heterocycles. The Morgan fingerprint density at radius 1 is 0.846 bits per heavy atom. The van der Waals surface area contributed by atoms with Crippen molar-refractivity contribution in [2.75, 3.05) is 30.9 Å². The lowest BCUT2D eigenvalue weighted by atomic mass is 9.99. The lowest BCUT2D eigenvalue weighted by Crippen LogP contribution is -2.25. The molecule has 4 aromatic rings. The smallest absolute Gasteiger partial charge is 0.262 e. The molecule has 1 aliphatic heterocycles. The van der Waals surface area contributed by atoms with Crippen LogP contribution in [0.5, 0.6) is 0 Å². The first-order chi connectivity index (χ1) is 19.0. The van der Waals surface area contributed by atoms with E-state index in [1.54, 1.807) is 40.9 Å². The van der Waals surface area contributed by atoms with Crippen LogP contribution in [-0.4, -0.2) is 42.6 Å². The SMILES string of the molecule is CN(C)CCC1C=CN(C(=O)c2ccc(NC(=O)c3ccccc3-c3ccccc3)cc2)c2ccccc2S1. The topological polar surface area (TPSA) is 52.6 Å². The van der Waals surface area contributed by atoms with Crippen molar-refractivity contribution in [1.82, 2.24) is 4.90 Å². The molecule has 5 rings (SSSR count). The van der Waals surface area contributed by atoms with Gasteiger partial charge in [-0.3, -0.25) is 14.5 Å². The maximum Gasteiger partial charge on any atom is 0.262 e. The Morgan fingerprint density at radius 2 is 1.54 bits per heavy atom. The number of nitrogens with zero attached hydrogens (tertiary/aromatic N) is 2. The summed E-state index contributed by atoms with van der Waals surface area (Å²) in [5.74, 6) is -0.307. The van der Waals surface area contributed by atoms with Crippen molar-refractivity contribution in [2.24, 2.45) is 0 Å². The van der Waals surface area contributed by atoms with Gasteiger partial charge in [-0.25, -0.2) is 0 Å². The molecule has 0 spiro atoms. The summed E-state index contributed by atoms with van der Waals surface area (Å²) in [5, 5.41) is 3.26. The molecule has 5 nitrogen and oxygen atoms in total. The molecule has 0 radical (unpaired) electrons. The number of hydrogen-bond donors (Lipinski definition) is 1. The second kappa shape index (κ2) is 12.2. The van der Waals surface area contributed by atoms with Crippen molar-refractivity contribution in [1.29, 1.82) is 0 Å². The van der Waals surface area contributed by atoms with E-state index in [1.165, 1.54) is 0 Å². The molecule has 1 atom stereocenters. The van der Waals surface area contributed by atoms with E-state index in [2.05, 4.69) is 36.5 Å². The number of anilines is 2. The highest BCUT2D eigenvalue weighted by molar-refractivity contribution is 8.00. The highest BCUT2D eigenvalue weighted by Crippen LogP contribution is 2.38. The molecule has 1 heterocycles. The fourth-order valence-corrected chi connectivity index (χ4v) is 5.67. The minimum atomic E-state index is -0.196. The van der Waals surface area contributed by atoms with Gasteiger partial charge in [-0.1, -0.05) is 66.7 Å². The van der Waals surface area contributed by atoms with Gasteiger partial charge < -0.3 is 10.2 Å². The molecule has 2 amide bonds. The maximum absolute atomic E-state index is 13.6. The van der Waals surface area contributed by atoms with Crippen molar-refractivity contribution in [3.63, 3.8) is 0 Å². The minimum Gasteiger partial charge on any atom is -0.322 e. The van der Waals surface area contributed by atoms with Gasteiger partial charge in [0, 0.05) is 33.2 Å². The summed E-state index contributed by atoms with van der Waals surface area (Å²) in [6.07, 6.45) is 5.01. The maximum atomic E-state index is 13.6. The third-order valence-electron chi connectivity index (χ3n) is 6.58.